The van der Waals surface area contributed by atoms with E-state index in [2.05, 4.69) is 15.4 Å². The zero-order valence-corrected chi connectivity index (χ0v) is 19.6. The van der Waals surface area contributed by atoms with E-state index in [0.717, 1.165) is 11.1 Å². The fourth-order valence-electron chi connectivity index (χ4n) is 3.71. The molecule has 5 N–H and O–H groups in total. The molecular formula is C23H26ClN5O6. The molecule has 1 saturated heterocycles. The fourth-order valence-corrected chi connectivity index (χ4v) is 3.93. The van der Waals surface area contributed by atoms with Crippen molar-refractivity contribution in [3.63, 3.8) is 0 Å². The smallest absolute Gasteiger partial charge is 0.288 e. The Morgan fingerprint density at radius 3 is 2.74 bits per heavy atom. The number of benzene rings is 2. The van der Waals surface area contributed by atoms with Crippen molar-refractivity contribution in [2.75, 3.05) is 13.7 Å². The molecule has 1 aliphatic rings. The minimum Gasteiger partial charge on any atom is -0.493 e. The quantitative estimate of drug-likeness (QED) is 0.317. The highest BCUT2D eigenvalue weighted by molar-refractivity contribution is 6.30. The van der Waals surface area contributed by atoms with Gasteiger partial charge in [-0.3, -0.25) is 4.79 Å². The number of carbonyl (C=O) groups is 1. The standard InChI is InChI=1S/C23H26ClN5O6/c1-33-17-8-13(5-6-16(17)34-11-14-3-2-4-15(24)7-14)9-26-10-18-19(30)20(31)23(35-18)29-12-27-22(28-29)21(25)32/h2-8,12,18-20,23,26,30-31H,9-11H2,1H3,(H2,25,32)/t18-,19-,20-,23-/m1/s1. The van der Waals surface area contributed by atoms with Crippen LogP contribution in [-0.2, 0) is 17.9 Å². The van der Waals surface area contributed by atoms with Crippen LogP contribution < -0.4 is 20.5 Å². The molecule has 1 aliphatic heterocycles. The predicted molar refractivity (Wildman–Crippen MR) is 125 cm³/mol. The van der Waals surface area contributed by atoms with Crippen molar-refractivity contribution >= 4 is 17.5 Å². The van der Waals surface area contributed by atoms with Crippen molar-refractivity contribution in [2.24, 2.45) is 5.73 Å². The average Bonchev–Trinajstić information content (AvgIpc) is 3.44. The maximum absolute atomic E-state index is 11.2. The molecule has 12 heteroatoms. The topological polar surface area (TPSA) is 154 Å². The Bertz CT molecular complexity index is 1170. The molecule has 0 unspecified atom stereocenters. The van der Waals surface area contributed by atoms with Crippen molar-refractivity contribution < 1.29 is 29.2 Å². The van der Waals surface area contributed by atoms with Crippen LogP contribution in [0.15, 0.2) is 48.8 Å². The van der Waals surface area contributed by atoms with Crippen LogP contribution >= 0.6 is 11.6 Å². The number of aromatic nitrogens is 3. The molecule has 35 heavy (non-hydrogen) atoms. The Morgan fingerprint density at radius 1 is 1.20 bits per heavy atom. The van der Waals surface area contributed by atoms with E-state index in [9.17, 15) is 15.0 Å². The number of amides is 1. The minimum absolute atomic E-state index is 0.203. The van der Waals surface area contributed by atoms with Crippen LogP contribution in [0.5, 0.6) is 11.5 Å². The molecule has 1 aromatic heterocycles. The van der Waals surface area contributed by atoms with Gasteiger partial charge in [-0.05, 0) is 35.4 Å². The normalized spacial score (nSPS) is 21.7. The maximum atomic E-state index is 11.2. The van der Waals surface area contributed by atoms with Crippen molar-refractivity contribution in [1.29, 1.82) is 0 Å². The number of aliphatic hydroxyl groups excluding tert-OH is 2. The Labute approximate surface area is 206 Å². The summed E-state index contributed by atoms with van der Waals surface area (Å²) in [4.78, 5) is 15.0. The van der Waals surface area contributed by atoms with Gasteiger partial charge in [0.05, 0.1) is 7.11 Å². The number of methoxy groups -OCH3 is 1. The van der Waals surface area contributed by atoms with Crippen molar-refractivity contribution in [3.8, 4) is 11.5 Å². The molecule has 0 saturated carbocycles. The monoisotopic (exact) mass is 503 g/mol. The van der Waals surface area contributed by atoms with E-state index in [0.29, 0.717) is 29.7 Å². The molecule has 1 amide bonds. The molecule has 2 aromatic carbocycles. The number of nitrogens with two attached hydrogens (primary N) is 1. The van der Waals surface area contributed by atoms with Gasteiger partial charge in [-0.25, -0.2) is 9.67 Å². The van der Waals surface area contributed by atoms with E-state index in [1.165, 1.54) is 11.0 Å². The van der Waals surface area contributed by atoms with Gasteiger partial charge >= 0.3 is 0 Å². The van der Waals surface area contributed by atoms with E-state index in [4.69, 9.17) is 31.5 Å². The number of nitrogens with one attached hydrogen (secondary N) is 1. The lowest BCUT2D eigenvalue weighted by molar-refractivity contribution is -0.0439. The number of aliphatic hydroxyl groups is 2. The first-order valence-electron chi connectivity index (χ1n) is 10.8. The third-order valence-electron chi connectivity index (χ3n) is 5.51. The highest BCUT2D eigenvalue weighted by atomic mass is 35.5. The van der Waals surface area contributed by atoms with Crippen LogP contribution in [0.3, 0.4) is 0 Å². The van der Waals surface area contributed by atoms with E-state index in [1.54, 1.807) is 13.2 Å². The number of primary amides is 1. The van der Waals surface area contributed by atoms with Gasteiger partial charge in [0.15, 0.2) is 17.7 Å². The minimum atomic E-state index is -1.25. The lowest BCUT2D eigenvalue weighted by Gasteiger charge is -2.16. The summed E-state index contributed by atoms with van der Waals surface area (Å²) in [6.07, 6.45) is -2.89. The fraction of sp³-hybridized carbons (Fsp3) is 0.348. The van der Waals surface area contributed by atoms with Gasteiger partial charge in [0.1, 0.15) is 31.2 Å². The summed E-state index contributed by atoms with van der Waals surface area (Å²) in [6, 6.07) is 13.0. The van der Waals surface area contributed by atoms with Crippen LogP contribution in [0.1, 0.15) is 28.0 Å². The molecule has 0 spiro atoms. The summed E-state index contributed by atoms with van der Waals surface area (Å²) in [5, 5.41) is 28.5. The van der Waals surface area contributed by atoms with Gasteiger partial charge < -0.3 is 35.5 Å². The van der Waals surface area contributed by atoms with E-state index < -0.39 is 30.4 Å². The van der Waals surface area contributed by atoms with Gasteiger partial charge in [0.25, 0.3) is 5.91 Å². The summed E-state index contributed by atoms with van der Waals surface area (Å²) in [5.41, 5.74) is 7.02. The lowest BCUT2D eigenvalue weighted by Crippen LogP contribution is -2.37. The third kappa shape index (κ3) is 5.89. The summed E-state index contributed by atoms with van der Waals surface area (Å²) >= 11 is 6.02. The summed E-state index contributed by atoms with van der Waals surface area (Å²) in [6.45, 7) is 1.05. The predicted octanol–water partition coefficient (Wildman–Crippen LogP) is 1.03. The summed E-state index contributed by atoms with van der Waals surface area (Å²) < 4.78 is 18.3. The second-order valence-electron chi connectivity index (χ2n) is 7.99. The first kappa shape index (κ1) is 24.9. The maximum Gasteiger partial charge on any atom is 0.288 e. The Balaban J connectivity index is 1.31. The lowest BCUT2D eigenvalue weighted by atomic mass is 10.1. The van der Waals surface area contributed by atoms with Gasteiger partial charge in [-0.15, -0.1) is 5.10 Å². The second kappa shape index (κ2) is 11.0. The Hall–Kier alpha value is -3.22. The van der Waals surface area contributed by atoms with Gasteiger partial charge in [0, 0.05) is 18.1 Å². The average molecular weight is 504 g/mol. The molecule has 4 atom stereocenters. The Kier molecular flexibility index (Phi) is 7.83. The summed E-state index contributed by atoms with van der Waals surface area (Å²) in [7, 11) is 1.57. The second-order valence-corrected chi connectivity index (χ2v) is 8.43. The first-order chi connectivity index (χ1) is 16.9. The van der Waals surface area contributed by atoms with Gasteiger partial charge in [-0.1, -0.05) is 29.8 Å². The SMILES string of the molecule is COc1cc(CNC[C@H]2O[C@@H](n3cnc(C(N)=O)n3)[C@H](O)[C@@H]2O)ccc1OCc1cccc(Cl)c1. The first-order valence-corrected chi connectivity index (χ1v) is 11.2. The number of nitrogens with zero attached hydrogens (tertiary/aromatic N) is 3. The van der Waals surface area contributed by atoms with Crippen molar-refractivity contribution in [3.05, 3.63) is 70.8 Å². The van der Waals surface area contributed by atoms with Gasteiger partial charge in [-0.2, -0.15) is 0 Å². The third-order valence-corrected chi connectivity index (χ3v) is 5.75. The zero-order valence-electron chi connectivity index (χ0n) is 18.9. The zero-order chi connectivity index (χ0) is 24.9. The van der Waals surface area contributed by atoms with Crippen LogP contribution in [0.4, 0.5) is 0 Å². The van der Waals surface area contributed by atoms with Crippen LogP contribution in [-0.4, -0.2) is 62.9 Å². The van der Waals surface area contributed by atoms with Crippen molar-refractivity contribution in [2.45, 2.75) is 37.7 Å². The molecule has 3 aromatic rings. The number of hydrogen-bond donors (Lipinski definition) is 4. The number of halogens is 1. The molecule has 186 valence electrons. The van der Waals surface area contributed by atoms with E-state index >= 15 is 0 Å². The Morgan fingerprint density at radius 2 is 2.03 bits per heavy atom. The number of hydrogen-bond acceptors (Lipinski definition) is 9. The molecule has 1 fully saturated rings. The van der Waals surface area contributed by atoms with Crippen LogP contribution in [0.2, 0.25) is 5.02 Å². The number of rotatable bonds is 10. The summed E-state index contributed by atoms with van der Waals surface area (Å²) in [5.74, 6) is 0.174. The molecule has 0 bridgehead atoms. The molecule has 2 heterocycles. The molecule has 0 radical (unpaired) electrons. The molecule has 0 aliphatic carbocycles. The van der Waals surface area contributed by atoms with Crippen LogP contribution in [0, 0.1) is 0 Å². The number of ether oxygens (including phenoxy) is 3. The van der Waals surface area contributed by atoms with E-state index in [1.807, 2.05) is 36.4 Å². The van der Waals surface area contributed by atoms with Crippen molar-refractivity contribution in [1.82, 2.24) is 20.1 Å². The number of carbonyl (C=O) groups excluding carboxylic acids is 1. The molecule has 11 nitrogen and oxygen atoms in total. The van der Waals surface area contributed by atoms with Gasteiger partial charge in [0.2, 0.25) is 5.82 Å². The largest absolute Gasteiger partial charge is 0.493 e. The van der Waals surface area contributed by atoms with E-state index in [-0.39, 0.29) is 12.4 Å². The molecule has 4 rings (SSSR count). The highest BCUT2D eigenvalue weighted by Crippen LogP contribution is 2.30. The highest BCUT2D eigenvalue weighted by Gasteiger charge is 2.44. The van der Waals surface area contributed by atoms with Crippen LogP contribution in [0.25, 0.3) is 0 Å². The molecular weight excluding hydrogens is 478 g/mol.